The van der Waals surface area contributed by atoms with Gasteiger partial charge in [-0.25, -0.2) is 4.39 Å². The molecule has 1 aromatic rings. The second kappa shape index (κ2) is 3.91. The Hall–Kier alpha value is -1.17. The van der Waals surface area contributed by atoms with E-state index in [-0.39, 0.29) is 11.3 Å². The van der Waals surface area contributed by atoms with Crippen molar-refractivity contribution in [2.24, 2.45) is 0 Å². The van der Waals surface area contributed by atoms with Crippen LogP contribution in [-0.4, -0.2) is 15.5 Å². The van der Waals surface area contributed by atoms with Crippen LogP contribution in [-0.2, 0) is 16.0 Å². The third-order valence-electron chi connectivity index (χ3n) is 1.58. The summed E-state index contributed by atoms with van der Waals surface area (Å²) in [5.74, 6) is -1.84. The van der Waals surface area contributed by atoms with Crippen LogP contribution in [0.2, 0.25) is 0 Å². The molecular weight excluding hydrogens is 214 g/mol. The third kappa shape index (κ3) is 2.66. The number of para-hydroxylation sites is 1. The molecule has 0 heterocycles. The normalized spacial score (nSPS) is 11.4. The van der Waals surface area contributed by atoms with Crippen molar-refractivity contribution < 1.29 is 21.4 Å². The van der Waals surface area contributed by atoms with Gasteiger partial charge in [0.1, 0.15) is 5.75 Å². The predicted molar refractivity (Wildman–Crippen MR) is 46.7 cm³/mol. The van der Waals surface area contributed by atoms with Crippen LogP contribution in [0.3, 0.4) is 0 Å². The monoisotopic (exact) mass is 222 g/mol. The zero-order chi connectivity index (χ0) is 10.8. The Bertz CT molecular complexity index is 428. The summed E-state index contributed by atoms with van der Waals surface area (Å²) in [7, 11) is -3.49. The van der Waals surface area contributed by atoms with E-state index in [4.69, 9.17) is 0 Å². The highest BCUT2D eigenvalue weighted by Crippen LogP contribution is 2.24. The van der Waals surface area contributed by atoms with E-state index in [2.05, 4.69) is 4.74 Å². The molecule has 0 amide bonds. The van der Waals surface area contributed by atoms with Gasteiger partial charge in [0.15, 0.2) is 11.6 Å². The molecular formula is C8H8F2O3S. The maximum Gasteiger partial charge on any atom is 0.306 e. The fourth-order valence-electron chi connectivity index (χ4n) is 1.08. The van der Waals surface area contributed by atoms with Crippen molar-refractivity contribution in [3.63, 3.8) is 0 Å². The molecule has 0 radical (unpaired) electrons. The molecule has 1 rings (SSSR count). The van der Waals surface area contributed by atoms with Crippen LogP contribution >= 0.6 is 0 Å². The van der Waals surface area contributed by atoms with Crippen molar-refractivity contribution in [2.45, 2.75) is 5.75 Å². The molecule has 6 heteroatoms. The van der Waals surface area contributed by atoms with E-state index in [9.17, 15) is 16.7 Å². The summed E-state index contributed by atoms with van der Waals surface area (Å²) < 4.78 is 50.6. The average Bonchev–Trinajstić information content (AvgIpc) is 2.01. The number of rotatable bonds is 3. The Kier molecular flexibility index (Phi) is 3.05. The first-order chi connectivity index (χ1) is 6.44. The van der Waals surface area contributed by atoms with Crippen LogP contribution in [0, 0.1) is 5.82 Å². The quantitative estimate of drug-likeness (QED) is 0.730. The summed E-state index contributed by atoms with van der Waals surface area (Å²) >= 11 is 0. The van der Waals surface area contributed by atoms with Crippen LogP contribution in [0.5, 0.6) is 5.75 Å². The van der Waals surface area contributed by atoms with E-state index >= 15 is 0 Å². The minimum absolute atomic E-state index is 0.0324. The van der Waals surface area contributed by atoms with E-state index in [1.807, 2.05) is 0 Å². The molecule has 0 spiro atoms. The molecule has 0 aliphatic heterocycles. The van der Waals surface area contributed by atoms with Gasteiger partial charge in [0, 0.05) is 5.56 Å². The van der Waals surface area contributed by atoms with Gasteiger partial charge in [-0.15, -0.1) is 3.89 Å². The Balaban J connectivity index is 3.15. The standard InChI is InChI=1S/C8H8F2O3S/c1-13-8-6(5-14(10,11)12)3-2-4-7(8)9/h2-4H,5H2,1H3. The van der Waals surface area contributed by atoms with Gasteiger partial charge in [-0.05, 0) is 6.07 Å². The Morgan fingerprint density at radius 2 is 2.07 bits per heavy atom. The van der Waals surface area contributed by atoms with Crippen molar-refractivity contribution in [1.29, 1.82) is 0 Å². The molecule has 78 valence electrons. The number of benzene rings is 1. The van der Waals surface area contributed by atoms with Gasteiger partial charge in [-0.1, -0.05) is 12.1 Å². The first-order valence-electron chi connectivity index (χ1n) is 3.68. The predicted octanol–water partition coefficient (Wildman–Crippen LogP) is 1.63. The number of hydrogen-bond donors (Lipinski definition) is 0. The summed E-state index contributed by atoms with van der Waals surface area (Å²) in [6.07, 6.45) is 0. The van der Waals surface area contributed by atoms with Gasteiger partial charge in [0.2, 0.25) is 0 Å². The molecule has 0 fully saturated rings. The minimum Gasteiger partial charge on any atom is -0.493 e. The lowest BCUT2D eigenvalue weighted by Gasteiger charge is -2.06. The lowest BCUT2D eigenvalue weighted by Crippen LogP contribution is -2.00. The molecule has 0 bridgehead atoms. The molecule has 0 N–H and O–H groups in total. The second-order valence-electron chi connectivity index (χ2n) is 2.62. The van der Waals surface area contributed by atoms with Crippen LogP contribution in [0.15, 0.2) is 18.2 Å². The number of methoxy groups -OCH3 is 1. The fourth-order valence-corrected chi connectivity index (χ4v) is 1.68. The number of ether oxygens (including phenoxy) is 1. The summed E-state index contributed by atoms with van der Waals surface area (Å²) in [5, 5.41) is 0. The van der Waals surface area contributed by atoms with Gasteiger partial charge >= 0.3 is 10.2 Å². The van der Waals surface area contributed by atoms with Crippen molar-refractivity contribution in [2.75, 3.05) is 7.11 Å². The minimum atomic E-state index is -4.67. The lowest BCUT2D eigenvalue weighted by atomic mass is 10.2. The van der Waals surface area contributed by atoms with Gasteiger partial charge < -0.3 is 4.74 Å². The van der Waals surface area contributed by atoms with Crippen molar-refractivity contribution in [3.8, 4) is 5.75 Å². The van der Waals surface area contributed by atoms with Crippen LogP contribution in [0.25, 0.3) is 0 Å². The Morgan fingerprint density at radius 1 is 1.43 bits per heavy atom. The molecule has 3 nitrogen and oxygen atoms in total. The lowest BCUT2D eigenvalue weighted by molar-refractivity contribution is 0.382. The van der Waals surface area contributed by atoms with E-state index < -0.39 is 21.8 Å². The van der Waals surface area contributed by atoms with Crippen LogP contribution < -0.4 is 4.74 Å². The van der Waals surface area contributed by atoms with E-state index in [0.717, 1.165) is 6.07 Å². The fraction of sp³-hybridized carbons (Fsp3) is 0.250. The summed E-state index contributed by atoms with van der Waals surface area (Å²) in [6.45, 7) is 0. The Morgan fingerprint density at radius 3 is 2.57 bits per heavy atom. The summed E-state index contributed by atoms with van der Waals surface area (Å²) in [5.41, 5.74) is -0.0324. The molecule has 0 saturated carbocycles. The smallest absolute Gasteiger partial charge is 0.306 e. The largest absolute Gasteiger partial charge is 0.493 e. The van der Waals surface area contributed by atoms with E-state index in [1.54, 1.807) is 0 Å². The second-order valence-corrected chi connectivity index (χ2v) is 3.98. The molecule has 0 aliphatic rings. The molecule has 0 aromatic heterocycles. The first kappa shape index (κ1) is 10.9. The number of hydrogen-bond acceptors (Lipinski definition) is 3. The SMILES string of the molecule is COc1c(F)cccc1CS(=O)(=O)F. The van der Waals surface area contributed by atoms with Crippen LogP contribution in [0.4, 0.5) is 8.28 Å². The topological polar surface area (TPSA) is 43.4 Å². The zero-order valence-corrected chi connectivity index (χ0v) is 8.14. The summed E-state index contributed by atoms with van der Waals surface area (Å²) in [4.78, 5) is 0. The van der Waals surface area contributed by atoms with E-state index in [1.165, 1.54) is 19.2 Å². The highest BCUT2D eigenvalue weighted by Gasteiger charge is 2.15. The van der Waals surface area contributed by atoms with E-state index in [0.29, 0.717) is 0 Å². The highest BCUT2D eigenvalue weighted by molar-refractivity contribution is 7.85. The van der Waals surface area contributed by atoms with Crippen LogP contribution in [0.1, 0.15) is 5.56 Å². The van der Waals surface area contributed by atoms with Gasteiger partial charge in [0.05, 0.1) is 7.11 Å². The molecule has 0 atom stereocenters. The molecule has 14 heavy (non-hydrogen) atoms. The average molecular weight is 222 g/mol. The maximum atomic E-state index is 13.0. The van der Waals surface area contributed by atoms with Crippen molar-refractivity contribution in [3.05, 3.63) is 29.6 Å². The third-order valence-corrected chi connectivity index (χ3v) is 2.24. The van der Waals surface area contributed by atoms with Gasteiger partial charge in [-0.2, -0.15) is 8.42 Å². The number of halogens is 2. The van der Waals surface area contributed by atoms with Crippen molar-refractivity contribution >= 4 is 10.2 Å². The zero-order valence-electron chi connectivity index (χ0n) is 7.33. The maximum absolute atomic E-state index is 13.0. The highest BCUT2D eigenvalue weighted by atomic mass is 32.3. The molecule has 0 unspecified atom stereocenters. The van der Waals surface area contributed by atoms with Crippen molar-refractivity contribution in [1.82, 2.24) is 0 Å². The van der Waals surface area contributed by atoms with Gasteiger partial charge in [0.25, 0.3) is 0 Å². The first-order valence-corrected chi connectivity index (χ1v) is 5.23. The Labute approximate surface area is 80.5 Å². The summed E-state index contributed by atoms with van der Waals surface area (Å²) in [6, 6.07) is 3.69. The van der Waals surface area contributed by atoms with Gasteiger partial charge in [-0.3, -0.25) is 0 Å². The molecule has 0 aliphatic carbocycles. The molecule has 0 saturated heterocycles. The molecule has 1 aromatic carbocycles.